The average Bonchev–Trinajstić information content (AvgIpc) is 2.94. The molecule has 4 rings (SSSR count). The summed E-state index contributed by atoms with van der Waals surface area (Å²) in [6.07, 6.45) is 0.607. The number of aliphatic hydroxyl groups excluding tert-OH is 2. The molecule has 0 spiro atoms. The van der Waals surface area contributed by atoms with Crippen molar-refractivity contribution in [2.45, 2.75) is 31.0 Å². The summed E-state index contributed by atoms with van der Waals surface area (Å²) in [5.74, 6) is -7.50. The third-order valence-electron chi connectivity index (χ3n) is 8.53. The number of ether oxygens (including phenoxy) is 1. The van der Waals surface area contributed by atoms with Crippen molar-refractivity contribution in [2.75, 3.05) is 52.9 Å². The second kappa shape index (κ2) is 11.9. The number of aliphatic hydroxyl groups is 3. The van der Waals surface area contributed by atoms with Crippen LogP contribution < -0.4 is 10.6 Å². The van der Waals surface area contributed by atoms with Gasteiger partial charge < -0.3 is 40.7 Å². The number of nitrogens with zero attached hydrogens (tertiary/aromatic N) is 3. The van der Waals surface area contributed by atoms with E-state index in [0.29, 0.717) is 11.3 Å². The molecule has 0 saturated heterocycles. The maximum absolute atomic E-state index is 14.1. The van der Waals surface area contributed by atoms with E-state index in [1.54, 1.807) is 25.1 Å². The number of anilines is 1. The van der Waals surface area contributed by atoms with Crippen LogP contribution >= 0.6 is 0 Å². The first-order chi connectivity index (χ1) is 20.6. The number of hydrogen-bond acceptors (Lipinski definition) is 11. The molecular formula is C30H37FN4O9. The minimum atomic E-state index is -2.76. The Morgan fingerprint density at radius 1 is 1.20 bits per heavy atom. The average molecular weight is 617 g/mol. The molecule has 1 saturated carbocycles. The predicted octanol–water partition coefficient (Wildman–Crippen LogP) is 1.12. The summed E-state index contributed by atoms with van der Waals surface area (Å²) in [5, 5.41) is 45.9. The minimum absolute atomic E-state index is 0.0133. The van der Waals surface area contributed by atoms with Gasteiger partial charge in [-0.2, -0.15) is 0 Å². The summed E-state index contributed by atoms with van der Waals surface area (Å²) in [5.41, 5.74) is 2.48. The van der Waals surface area contributed by atoms with Gasteiger partial charge in [0.2, 0.25) is 5.78 Å². The van der Waals surface area contributed by atoms with E-state index in [9.17, 15) is 44.0 Å². The van der Waals surface area contributed by atoms with Gasteiger partial charge in [-0.25, -0.2) is 9.18 Å². The van der Waals surface area contributed by atoms with E-state index in [2.05, 4.69) is 6.58 Å². The van der Waals surface area contributed by atoms with Crippen molar-refractivity contribution < 1.29 is 48.7 Å². The first-order valence-electron chi connectivity index (χ1n) is 13.9. The highest BCUT2D eigenvalue weighted by Gasteiger charge is 2.64. The van der Waals surface area contributed by atoms with E-state index in [0.717, 1.165) is 4.90 Å². The second-order valence-electron chi connectivity index (χ2n) is 11.6. The number of phenols is 1. The highest BCUT2D eigenvalue weighted by Crippen LogP contribution is 2.54. The van der Waals surface area contributed by atoms with Crippen LogP contribution in [-0.4, -0.2) is 113 Å². The number of phenolic OH excluding ortho intramolecular Hbond substituents is 1. The Kier molecular flexibility index (Phi) is 8.80. The number of alkyl halides is 1. The number of likely N-dealkylation sites (N-methyl/N-ethyl adjacent to an activating group) is 1. The molecule has 44 heavy (non-hydrogen) atoms. The monoisotopic (exact) mass is 616 g/mol. The summed E-state index contributed by atoms with van der Waals surface area (Å²) >= 11 is 0. The molecule has 0 radical (unpaired) electrons. The van der Waals surface area contributed by atoms with Crippen LogP contribution in [0.3, 0.4) is 0 Å². The largest absolute Gasteiger partial charge is 0.508 e. The fraction of sp³-hybridized carbons (Fsp3) is 0.467. The van der Waals surface area contributed by atoms with Crippen molar-refractivity contribution in [2.24, 2.45) is 17.6 Å². The van der Waals surface area contributed by atoms with Gasteiger partial charge in [0.15, 0.2) is 11.4 Å². The summed E-state index contributed by atoms with van der Waals surface area (Å²) in [6, 6.07) is 0.427. The molecule has 2 amide bonds. The van der Waals surface area contributed by atoms with Crippen molar-refractivity contribution in [3.05, 3.63) is 52.3 Å². The Balaban J connectivity index is 1.91. The second-order valence-corrected chi connectivity index (χ2v) is 11.6. The number of Topliss-reactive ketones (excluding diaryl/α,β-unsaturated/α-hetero) is 2. The lowest BCUT2D eigenvalue weighted by Crippen LogP contribution is -2.65. The number of carbonyl (C=O) groups is 4. The zero-order valence-corrected chi connectivity index (χ0v) is 25.0. The summed E-state index contributed by atoms with van der Waals surface area (Å²) < 4.78 is 17.5. The van der Waals surface area contributed by atoms with Gasteiger partial charge >= 0.3 is 6.09 Å². The number of amides is 2. The normalized spacial score (nSPS) is 24.5. The molecule has 0 heterocycles. The maximum atomic E-state index is 14.1. The fourth-order valence-corrected chi connectivity index (χ4v) is 6.65. The number of hydrogen-bond donors (Lipinski definition) is 5. The zero-order valence-electron chi connectivity index (χ0n) is 25.0. The Hall–Kier alpha value is -4.43. The molecule has 0 aromatic heterocycles. The van der Waals surface area contributed by atoms with Crippen LogP contribution in [0.1, 0.15) is 23.1 Å². The van der Waals surface area contributed by atoms with E-state index >= 15 is 0 Å². The molecule has 6 N–H and O–H groups in total. The Labute approximate surface area is 253 Å². The molecule has 13 nitrogen and oxygen atoms in total. The van der Waals surface area contributed by atoms with Crippen molar-refractivity contribution in [3.63, 3.8) is 0 Å². The van der Waals surface area contributed by atoms with E-state index in [1.165, 1.54) is 25.1 Å². The number of nitrogens with two attached hydrogens (primary N) is 1. The molecule has 3 aliphatic rings. The number of halogens is 1. The van der Waals surface area contributed by atoms with Gasteiger partial charge in [0.25, 0.3) is 5.91 Å². The molecule has 14 heteroatoms. The summed E-state index contributed by atoms with van der Waals surface area (Å²) in [4.78, 5) is 56.4. The van der Waals surface area contributed by atoms with Crippen LogP contribution in [0.5, 0.6) is 5.75 Å². The molecule has 4 atom stereocenters. The zero-order chi connectivity index (χ0) is 32.8. The summed E-state index contributed by atoms with van der Waals surface area (Å²) in [7, 11) is 6.51. The Bertz CT molecular complexity index is 1500. The SMILES string of the molecule is C=CCN(Cc1cc(N(C)C)c2c(c1O)C(O)=C1C(=O)[C@]3(O)C(O)=C(C(N)=O)C(=O)[C@@H](N(C)C)[C@@H]3C[C@@H]1C2)C(=O)OCCF. The number of ketones is 2. The highest BCUT2D eigenvalue weighted by molar-refractivity contribution is 6.24. The van der Waals surface area contributed by atoms with Gasteiger partial charge in [0.05, 0.1) is 18.2 Å². The molecule has 0 unspecified atom stereocenters. The number of rotatable bonds is 9. The van der Waals surface area contributed by atoms with Crippen LogP contribution in [-0.2, 0) is 32.1 Å². The summed E-state index contributed by atoms with van der Waals surface area (Å²) in [6.45, 7) is 2.01. The quantitative estimate of drug-likeness (QED) is 0.197. The fourth-order valence-electron chi connectivity index (χ4n) is 6.65. The van der Waals surface area contributed by atoms with Crippen LogP contribution in [0.4, 0.5) is 14.9 Å². The standard InChI is InChI=1S/C30H37FN4O9/c1-6-8-35(29(42)44-9-7-31)13-15-12-18(33(2)3)16-10-14-11-17-22(34(4)5)25(38)21(28(32)41)27(40)30(17,43)26(39)19(14)24(37)20(16)23(15)36/h6,12,14,17,22,36-37,40,43H,1,7-11,13H2,2-5H3,(H2,32,41)/t14-,17-,22-,30-/m0/s1. The van der Waals surface area contributed by atoms with Crippen LogP contribution in [0.15, 0.2) is 35.6 Å². The van der Waals surface area contributed by atoms with Gasteiger partial charge in [-0.05, 0) is 44.5 Å². The third-order valence-corrected chi connectivity index (χ3v) is 8.53. The predicted molar refractivity (Wildman–Crippen MR) is 157 cm³/mol. The van der Waals surface area contributed by atoms with Crippen LogP contribution in [0.25, 0.3) is 5.76 Å². The molecule has 0 bridgehead atoms. The number of primary amides is 1. The number of carbonyl (C=O) groups excluding carboxylic acids is 4. The molecule has 3 aliphatic carbocycles. The first kappa shape index (κ1) is 32.5. The molecular weight excluding hydrogens is 579 g/mol. The van der Waals surface area contributed by atoms with Gasteiger partial charge in [-0.3, -0.25) is 19.3 Å². The highest BCUT2D eigenvalue weighted by atomic mass is 19.1. The number of fused-ring (bicyclic) bond motifs is 3. The van der Waals surface area contributed by atoms with Gasteiger partial charge in [0.1, 0.15) is 36.1 Å². The van der Waals surface area contributed by atoms with Gasteiger partial charge in [-0.1, -0.05) is 6.08 Å². The lowest BCUT2D eigenvalue weighted by molar-refractivity contribution is -0.153. The first-order valence-corrected chi connectivity index (χ1v) is 13.9. The lowest BCUT2D eigenvalue weighted by atomic mass is 9.57. The van der Waals surface area contributed by atoms with Crippen LogP contribution in [0.2, 0.25) is 0 Å². The van der Waals surface area contributed by atoms with Crippen molar-refractivity contribution in [1.82, 2.24) is 9.80 Å². The van der Waals surface area contributed by atoms with Gasteiger partial charge in [0, 0.05) is 43.4 Å². The molecule has 1 aromatic rings. The molecule has 1 aromatic carbocycles. The maximum Gasteiger partial charge on any atom is 0.410 e. The van der Waals surface area contributed by atoms with E-state index in [-0.39, 0.29) is 42.6 Å². The van der Waals surface area contributed by atoms with Crippen molar-refractivity contribution in [3.8, 4) is 5.75 Å². The smallest absolute Gasteiger partial charge is 0.410 e. The number of aromatic hydroxyl groups is 1. The Morgan fingerprint density at radius 3 is 2.41 bits per heavy atom. The Morgan fingerprint density at radius 2 is 1.86 bits per heavy atom. The van der Waals surface area contributed by atoms with Crippen molar-refractivity contribution >= 4 is 35.0 Å². The van der Waals surface area contributed by atoms with E-state index < -0.39 is 83.2 Å². The van der Waals surface area contributed by atoms with Crippen molar-refractivity contribution in [1.29, 1.82) is 0 Å². The van der Waals surface area contributed by atoms with Crippen LogP contribution in [0, 0.1) is 11.8 Å². The molecule has 0 aliphatic heterocycles. The lowest BCUT2D eigenvalue weighted by Gasteiger charge is -2.50. The third kappa shape index (κ3) is 4.97. The molecule has 238 valence electrons. The minimum Gasteiger partial charge on any atom is -0.508 e. The van der Waals surface area contributed by atoms with E-state index in [1.807, 2.05) is 0 Å². The van der Waals surface area contributed by atoms with Gasteiger partial charge in [-0.15, -0.1) is 6.58 Å². The topological polar surface area (TPSA) is 194 Å². The van der Waals surface area contributed by atoms with E-state index in [4.69, 9.17) is 10.5 Å². The molecule has 1 fully saturated rings. The number of benzene rings is 1.